The summed E-state index contributed by atoms with van der Waals surface area (Å²) < 4.78 is 2.21. The predicted molar refractivity (Wildman–Crippen MR) is 77.2 cm³/mol. The molecular weight excluding hydrogens is 240 g/mol. The first-order chi connectivity index (χ1) is 8.83. The molecular formula is C14H26N4O. The van der Waals surface area contributed by atoms with Crippen molar-refractivity contribution in [1.29, 1.82) is 0 Å². The third-order valence-electron chi connectivity index (χ3n) is 2.71. The van der Waals surface area contributed by atoms with E-state index in [1.807, 2.05) is 27.0 Å². The number of carbonyl (C=O) groups excluding carboxylic acids is 1. The van der Waals surface area contributed by atoms with Gasteiger partial charge in [0.05, 0.1) is 0 Å². The van der Waals surface area contributed by atoms with Gasteiger partial charge in [-0.05, 0) is 34.1 Å². The van der Waals surface area contributed by atoms with Gasteiger partial charge in [-0.15, -0.1) is 0 Å². The molecule has 5 heteroatoms. The number of nitrogens with zero attached hydrogens (tertiary/aromatic N) is 2. The number of amides is 2. The van der Waals surface area contributed by atoms with Crippen LogP contribution >= 0.6 is 0 Å². The zero-order valence-corrected chi connectivity index (χ0v) is 12.7. The fourth-order valence-electron chi connectivity index (χ4n) is 1.91. The summed E-state index contributed by atoms with van der Waals surface area (Å²) in [6.07, 6.45) is 3.73. The molecule has 1 aromatic rings. The van der Waals surface area contributed by atoms with Crippen LogP contribution in [0.4, 0.5) is 4.79 Å². The van der Waals surface area contributed by atoms with Gasteiger partial charge in [0.15, 0.2) is 0 Å². The molecule has 19 heavy (non-hydrogen) atoms. The quantitative estimate of drug-likeness (QED) is 0.858. The topological polar surface area (TPSA) is 59.0 Å². The van der Waals surface area contributed by atoms with Crippen molar-refractivity contribution in [3.05, 3.63) is 17.7 Å². The Morgan fingerprint density at radius 2 is 2.11 bits per heavy atom. The van der Waals surface area contributed by atoms with Gasteiger partial charge >= 0.3 is 6.03 Å². The van der Waals surface area contributed by atoms with Gasteiger partial charge in [-0.3, -0.25) is 0 Å². The van der Waals surface area contributed by atoms with E-state index in [4.69, 9.17) is 0 Å². The number of aryl methyl sites for hydroxylation is 1. The van der Waals surface area contributed by atoms with E-state index in [1.54, 1.807) is 0 Å². The average molecular weight is 266 g/mol. The second-order valence-electron chi connectivity index (χ2n) is 5.85. The minimum atomic E-state index is -0.207. The van der Waals surface area contributed by atoms with Crippen LogP contribution in [0, 0.1) is 6.92 Å². The van der Waals surface area contributed by atoms with E-state index in [9.17, 15) is 4.79 Å². The summed E-state index contributed by atoms with van der Waals surface area (Å²) in [6, 6.07) is -0.127. The summed E-state index contributed by atoms with van der Waals surface area (Å²) in [5.74, 6) is 1.04. The lowest BCUT2D eigenvalue weighted by Crippen LogP contribution is -2.46. The molecule has 0 saturated carbocycles. The Hall–Kier alpha value is -1.52. The number of carbonyl (C=O) groups is 1. The summed E-state index contributed by atoms with van der Waals surface area (Å²) in [7, 11) is 0. The molecule has 0 atom stereocenters. The van der Waals surface area contributed by atoms with Gasteiger partial charge in [-0.25, -0.2) is 9.78 Å². The second kappa shape index (κ2) is 6.59. The highest BCUT2D eigenvalue weighted by Crippen LogP contribution is 2.06. The van der Waals surface area contributed by atoms with E-state index in [0.717, 1.165) is 25.2 Å². The molecule has 5 nitrogen and oxygen atoms in total. The highest BCUT2D eigenvalue weighted by Gasteiger charge is 2.13. The monoisotopic (exact) mass is 266 g/mol. The molecule has 1 aromatic heterocycles. The lowest BCUT2D eigenvalue weighted by Gasteiger charge is -2.20. The van der Waals surface area contributed by atoms with Gasteiger partial charge in [0.25, 0.3) is 0 Å². The van der Waals surface area contributed by atoms with Gasteiger partial charge in [0.1, 0.15) is 5.82 Å². The number of aromatic nitrogens is 2. The highest BCUT2D eigenvalue weighted by atomic mass is 16.2. The molecule has 0 fully saturated rings. The maximum Gasteiger partial charge on any atom is 0.315 e. The SMILES string of the molecule is CCCn1c(C)cnc1CCNC(=O)NC(C)(C)C. The fraction of sp³-hybridized carbons (Fsp3) is 0.714. The fourth-order valence-corrected chi connectivity index (χ4v) is 1.91. The van der Waals surface area contributed by atoms with Gasteiger partial charge < -0.3 is 15.2 Å². The van der Waals surface area contributed by atoms with Crippen molar-refractivity contribution in [2.75, 3.05) is 6.54 Å². The Morgan fingerprint density at radius 1 is 1.42 bits per heavy atom. The van der Waals surface area contributed by atoms with Crippen molar-refractivity contribution in [3.8, 4) is 0 Å². The van der Waals surface area contributed by atoms with Gasteiger partial charge in [-0.2, -0.15) is 0 Å². The van der Waals surface area contributed by atoms with Crippen LogP contribution in [-0.4, -0.2) is 27.7 Å². The van der Waals surface area contributed by atoms with Crippen LogP contribution in [0.1, 0.15) is 45.6 Å². The summed E-state index contributed by atoms with van der Waals surface area (Å²) in [6.45, 7) is 11.7. The zero-order chi connectivity index (χ0) is 14.5. The average Bonchev–Trinajstić information content (AvgIpc) is 2.59. The van der Waals surface area contributed by atoms with Crippen molar-refractivity contribution < 1.29 is 4.79 Å². The van der Waals surface area contributed by atoms with Gasteiger partial charge in [0, 0.05) is 36.9 Å². The number of hydrogen-bond acceptors (Lipinski definition) is 2. The third kappa shape index (κ3) is 5.32. The van der Waals surface area contributed by atoms with E-state index in [1.165, 1.54) is 5.69 Å². The van der Waals surface area contributed by atoms with Crippen LogP contribution in [0.2, 0.25) is 0 Å². The molecule has 0 aromatic carbocycles. The van der Waals surface area contributed by atoms with Gasteiger partial charge in [0.2, 0.25) is 0 Å². The molecule has 1 rings (SSSR count). The van der Waals surface area contributed by atoms with E-state index >= 15 is 0 Å². The van der Waals surface area contributed by atoms with Crippen molar-refractivity contribution in [2.45, 2.75) is 59.5 Å². The molecule has 0 bridgehead atoms. The van der Waals surface area contributed by atoms with Crippen molar-refractivity contribution in [3.63, 3.8) is 0 Å². The third-order valence-corrected chi connectivity index (χ3v) is 2.71. The van der Waals surface area contributed by atoms with Crippen LogP contribution in [-0.2, 0) is 13.0 Å². The van der Waals surface area contributed by atoms with Crippen molar-refractivity contribution in [1.82, 2.24) is 20.2 Å². The first-order valence-electron chi connectivity index (χ1n) is 6.90. The molecule has 0 aliphatic heterocycles. The lowest BCUT2D eigenvalue weighted by molar-refractivity contribution is 0.232. The maximum absolute atomic E-state index is 11.6. The van der Waals surface area contributed by atoms with E-state index in [2.05, 4.69) is 34.0 Å². The number of urea groups is 1. The minimum Gasteiger partial charge on any atom is -0.338 e. The lowest BCUT2D eigenvalue weighted by atomic mass is 10.1. The number of imidazole rings is 1. The van der Waals surface area contributed by atoms with Crippen LogP contribution in [0.25, 0.3) is 0 Å². The molecule has 0 unspecified atom stereocenters. The van der Waals surface area contributed by atoms with Crippen LogP contribution in [0.3, 0.4) is 0 Å². The summed E-state index contributed by atoms with van der Waals surface area (Å²) in [4.78, 5) is 16.0. The summed E-state index contributed by atoms with van der Waals surface area (Å²) >= 11 is 0. The zero-order valence-electron chi connectivity index (χ0n) is 12.7. The van der Waals surface area contributed by atoms with E-state index < -0.39 is 0 Å². The Balaban J connectivity index is 2.43. The minimum absolute atomic E-state index is 0.127. The first-order valence-corrected chi connectivity index (χ1v) is 6.90. The standard InChI is InChI=1S/C14H26N4O/c1-6-9-18-11(2)10-16-12(18)7-8-15-13(19)17-14(3,4)5/h10H,6-9H2,1-5H3,(H2,15,17,19). The van der Waals surface area contributed by atoms with Gasteiger partial charge in [-0.1, -0.05) is 6.92 Å². The number of hydrogen-bond donors (Lipinski definition) is 2. The maximum atomic E-state index is 11.6. The number of nitrogens with one attached hydrogen (secondary N) is 2. The van der Waals surface area contributed by atoms with Crippen LogP contribution in [0.15, 0.2) is 6.20 Å². The summed E-state index contributed by atoms with van der Waals surface area (Å²) in [5, 5.41) is 5.74. The molecule has 2 amide bonds. The first kappa shape index (κ1) is 15.5. The molecule has 0 saturated heterocycles. The second-order valence-corrected chi connectivity index (χ2v) is 5.85. The van der Waals surface area contributed by atoms with Crippen LogP contribution in [0.5, 0.6) is 0 Å². The molecule has 0 aliphatic carbocycles. The van der Waals surface area contributed by atoms with E-state index in [0.29, 0.717) is 6.54 Å². The molecule has 1 heterocycles. The predicted octanol–water partition coefficient (Wildman–Crippen LogP) is 2.24. The number of rotatable bonds is 5. The molecule has 2 N–H and O–H groups in total. The van der Waals surface area contributed by atoms with Crippen LogP contribution < -0.4 is 10.6 Å². The molecule has 0 radical (unpaired) electrons. The van der Waals surface area contributed by atoms with Crippen molar-refractivity contribution in [2.24, 2.45) is 0 Å². The molecule has 108 valence electrons. The highest BCUT2D eigenvalue weighted by molar-refractivity contribution is 5.74. The largest absolute Gasteiger partial charge is 0.338 e. The normalized spacial score (nSPS) is 11.4. The Bertz CT molecular complexity index is 418. The molecule has 0 aliphatic rings. The Kier molecular flexibility index (Phi) is 5.39. The Labute approximate surface area is 115 Å². The smallest absolute Gasteiger partial charge is 0.315 e. The molecule has 0 spiro atoms. The summed E-state index contributed by atoms with van der Waals surface area (Å²) in [5.41, 5.74) is 0.970. The van der Waals surface area contributed by atoms with E-state index in [-0.39, 0.29) is 11.6 Å². The Morgan fingerprint density at radius 3 is 2.68 bits per heavy atom. The van der Waals surface area contributed by atoms with Crippen molar-refractivity contribution >= 4 is 6.03 Å².